The molecule has 0 aliphatic heterocycles. The molecule has 13 heavy (non-hydrogen) atoms. The van der Waals surface area contributed by atoms with Crippen molar-refractivity contribution in [2.24, 2.45) is 5.73 Å². The molecular weight excluding hydrogens is 168 g/mol. The van der Waals surface area contributed by atoms with E-state index < -0.39 is 5.54 Å². The molecule has 0 aliphatic carbocycles. The van der Waals surface area contributed by atoms with Crippen molar-refractivity contribution in [2.75, 3.05) is 13.7 Å². The number of aromatic nitrogens is 1. The Labute approximate surface area is 77.4 Å². The summed E-state index contributed by atoms with van der Waals surface area (Å²) in [5, 5.41) is 8.99. The predicted molar refractivity (Wildman–Crippen MR) is 49.4 cm³/mol. The number of ether oxygens (including phenoxy) is 1. The largest absolute Gasteiger partial charge is 0.481 e. The number of nitrogens with zero attached hydrogens (tertiary/aromatic N) is 1. The van der Waals surface area contributed by atoms with Gasteiger partial charge in [0, 0.05) is 12.3 Å². The van der Waals surface area contributed by atoms with Crippen LogP contribution in [0.4, 0.5) is 0 Å². The summed E-state index contributed by atoms with van der Waals surface area (Å²) in [5.41, 5.74) is 5.85. The Kier molecular flexibility index (Phi) is 2.85. The first-order valence-electron chi connectivity index (χ1n) is 4.00. The summed E-state index contributed by atoms with van der Waals surface area (Å²) in [6, 6.07) is 3.51. The normalized spacial score (nSPS) is 15.1. The van der Waals surface area contributed by atoms with Gasteiger partial charge in [-0.3, -0.25) is 0 Å². The molecule has 0 saturated carbocycles. The fourth-order valence-electron chi connectivity index (χ4n) is 0.930. The number of rotatable bonds is 3. The fourth-order valence-corrected chi connectivity index (χ4v) is 0.930. The predicted octanol–water partition coefficient (Wildman–Crippen LogP) is 0.256. The maximum Gasteiger partial charge on any atom is 0.212 e. The van der Waals surface area contributed by atoms with Crippen molar-refractivity contribution in [3.8, 4) is 5.88 Å². The van der Waals surface area contributed by atoms with Crippen LogP contribution in [-0.4, -0.2) is 23.8 Å². The highest BCUT2D eigenvalue weighted by molar-refractivity contribution is 5.23. The Bertz CT molecular complexity index is 269. The molecule has 4 nitrogen and oxygen atoms in total. The number of methoxy groups -OCH3 is 1. The second-order valence-corrected chi connectivity index (χ2v) is 3.16. The summed E-state index contributed by atoms with van der Waals surface area (Å²) in [5.74, 6) is 0.539. The lowest BCUT2D eigenvalue weighted by molar-refractivity contribution is 0.209. The average Bonchev–Trinajstić information content (AvgIpc) is 2.18. The molecule has 0 radical (unpaired) electrons. The average molecular weight is 182 g/mol. The number of aliphatic hydroxyl groups excluding tert-OH is 1. The molecular formula is C9H14N2O2. The minimum atomic E-state index is -0.737. The molecule has 1 atom stereocenters. The van der Waals surface area contributed by atoms with E-state index in [-0.39, 0.29) is 6.61 Å². The monoisotopic (exact) mass is 182 g/mol. The quantitative estimate of drug-likeness (QED) is 0.703. The van der Waals surface area contributed by atoms with Crippen LogP contribution in [0.1, 0.15) is 12.5 Å². The van der Waals surface area contributed by atoms with E-state index in [1.807, 2.05) is 0 Å². The molecule has 1 heterocycles. The van der Waals surface area contributed by atoms with Gasteiger partial charge in [-0.25, -0.2) is 4.98 Å². The van der Waals surface area contributed by atoms with Crippen LogP contribution in [0.15, 0.2) is 18.3 Å². The summed E-state index contributed by atoms with van der Waals surface area (Å²) in [6.45, 7) is 1.64. The maximum atomic E-state index is 8.99. The van der Waals surface area contributed by atoms with Crippen molar-refractivity contribution < 1.29 is 9.84 Å². The zero-order valence-corrected chi connectivity index (χ0v) is 7.82. The molecule has 0 aliphatic rings. The molecule has 0 amide bonds. The van der Waals surface area contributed by atoms with E-state index in [1.54, 1.807) is 32.4 Å². The van der Waals surface area contributed by atoms with Crippen LogP contribution in [0.3, 0.4) is 0 Å². The number of hydrogen-bond donors (Lipinski definition) is 2. The fraction of sp³-hybridized carbons (Fsp3) is 0.444. The van der Waals surface area contributed by atoms with Crippen LogP contribution in [0.2, 0.25) is 0 Å². The zero-order valence-electron chi connectivity index (χ0n) is 7.82. The minimum Gasteiger partial charge on any atom is -0.481 e. The van der Waals surface area contributed by atoms with Crippen LogP contribution in [0.5, 0.6) is 5.88 Å². The molecule has 1 unspecified atom stereocenters. The smallest absolute Gasteiger partial charge is 0.212 e. The van der Waals surface area contributed by atoms with Crippen molar-refractivity contribution in [2.45, 2.75) is 12.5 Å². The molecule has 0 fully saturated rings. The lowest BCUT2D eigenvalue weighted by Gasteiger charge is -2.21. The van der Waals surface area contributed by atoms with Gasteiger partial charge in [-0.2, -0.15) is 0 Å². The standard InChI is InChI=1S/C9H14N2O2/c1-9(10,6-12)7-3-4-8(13-2)11-5-7/h3-5,12H,6,10H2,1-2H3. The molecule has 0 spiro atoms. The van der Waals surface area contributed by atoms with Crippen LogP contribution in [0.25, 0.3) is 0 Å². The topological polar surface area (TPSA) is 68.4 Å². The molecule has 1 rings (SSSR count). The second kappa shape index (κ2) is 3.72. The summed E-state index contributed by atoms with van der Waals surface area (Å²) in [4.78, 5) is 4.00. The highest BCUT2D eigenvalue weighted by atomic mass is 16.5. The van der Waals surface area contributed by atoms with Gasteiger partial charge in [0.15, 0.2) is 0 Å². The Hall–Kier alpha value is -1.13. The Balaban J connectivity index is 2.92. The Morgan fingerprint density at radius 3 is 2.69 bits per heavy atom. The lowest BCUT2D eigenvalue weighted by Crippen LogP contribution is -2.36. The summed E-state index contributed by atoms with van der Waals surface area (Å²) in [7, 11) is 1.55. The Morgan fingerprint density at radius 1 is 1.62 bits per heavy atom. The van der Waals surface area contributed by atoms with Gasteiger partial charge in [0.1, 0.15) is 0 Å². The van der Waals surface area contributed by atoms with Crippen LogP contribution in [0, 0.1) is 0 Å². The third kappa shape index (κ3) is 2.17. The van der Waals surface area contributed by atoms with Gasteiger partial charge in [0.25, 0.3) is 0 Å². The summed E-state index contributed by atoms with van der Waals surface area (Å²) >= 11 is 0. The number of hydrogen-bond acceptors (Lipinski definition) is 4. The van der Waals surface area contributed by atoms with E-state index in [1.165, 1.54) is 0 Å². The molecule has 0 bridgehead atoms. The molecule has 0 saturated heterocycles. The molecule has 1 aromatic heterocycles. The first-order chi connectivity index (χ1) is 6.10. The zero-order chi connectivity index (χ0) is 9.90. The van der Waals surface area contributed by atoms with E-state index in [0.29, 0.717) is 5.88 Å². The van der Waals surface area contributed by atoms with E-state index in [2.05, 4.69) is 4.98 Å². The third-order valence-corrected chi connectivity index (χ3v) is 1.93. The van der Waals surface area contributed by atoms with Crippen LogP contribution in [-0.2, 0) is 5.54 Å². The SMILES string of the molecule is COc1ccc(C(C)(N)CO)cn1. The van der Waals surface area contributed by atoms with Gasteiger partial charge in [-0.1, -0.05) is 6.07 Å². The minimum absolute atomic E-state index is 0.110. The van der Waals surface area contributed by atoms with E-state index >= 15 is 0 Å². The first kappa shape index (κ1) is 9.95. The van der Waals surface area contributed by atoms with Crippen molar-refractivity contribution in [1.29, 1.82) is 0 Å². The van der Waals surface area contributed by atoms with Gasteiger partial charge in [-0.15, -0.1) is 0 Å². The first-order valence-corrected chi connectivity index (χ1v) is 4.00. The molecule has 1 aromatic rings. The van der Waals surface area contributed by atoms with Crippen LogP contribution < -0.4 is 10.5 Å². The molecule has 0 aromatic carbocycles. The number of pyridine rings is 1. The maximum absolute atomic E-state index is 8.99. The highest BCUT2D eigenvalue weighted by Gasteiger charge is 2.19. The van der Waals surface area contributed by atoms with Gasteiger partial charge in [0.05, 0.1) is 19.3 Å². The van der Waals surface area contributed by atoms with E-state index in [4.69, 9.17) is 15.6 Å². The van der Waals surface area contributed by atoms with Crippen molar-refractivity contribution in [3.05, 3.63) is 23.9 Å². The van der Waals surface area contributed by atoms with Crippen molar-refractivity contribution in [3.63, 3.8) is 0 Å². The van der Waals surface area contributed by atoms with Gasteiger partial charge in [-0.05, 0) is 12.5 Å². The summed E-state index contributed by atoms with van der Waals surface area (Å²) in [6.07, 6.45) is 1.61. The van der Waals surface area contributed by atoms with E-state index in [9.17, 15) is 0 Å². The van der Waals surface area contributed by atoms with Crippen LogP contribution >= 0.6 is 0 Å². The van der Waals surface area contributed by atoms with Gasteiger partial charge < -0.3 is 15.6 Å². The molecule has 4 heteroatoms. The lowest BCUT2D eigenvalue weighted by atomic mass is 9.96. The summed E-state index contributed by atoms with van der Waals surface area (Å²) < 4.78 is 4.90. The third-order valence-electron chi connectivity index (χ3n) is 1.93. The van der Waals surface area contributed by atoms with Crippen molar-refractivity contribution >= 4 is 0 Å². The van der Waals surface area contributed by atoms with E-state index in [0.717, 1.165) is 5.56 Å². The molecule has 3 N–H and O–H groups in total. The Morgan fingerprint density at radius 2 is 2.31 bits per heavy atom. The second-order valence-electron chi connectivity index (χ2n) is 3.16. The number of aliphatic hydroxyl groups is 1. The number of nitrogens with two attached hydrogens (primary N) is 1. The van der Waals surface area contributed by atoms with Gasteiger partial charge >= 0.3 is 0 Å². The molecule has 72 valence electrons. The van der Waals surface area contributed by atoms with Crippen molar-refractivity contribution in [1.82, 2.24) is 4.98 Å². The highest BCUT2D eigenvalue weighted by Crippen LogP contribution is 2.17. The van der Waals surface area contributed by atoms with Gasteiger partial charge in [0.2, 0.25) is 5.88 Å².